The van der Waals surface area contributed by atoms with E-state index in [1.165, 1.54) is 54.9 Å². The fourth-order valence-corrected chi connectivity index (χ4v) is 4.36. The molecule has 0 heterocycles. The lowest BCUT2D eigenvalue weighted by atomic mass is 9.89. The Hall–Kier alpha value is -3.38. The molecule has 0 nitrogen and oxygen atoms in total. The molecule has 0 fully saturated rings. The Bertz CT molecular complexity index is 1220. The molecule has 0 aromatic heterocycles. The van der Waals surface area contributed by atoms with E-state index in [4.69, 9.17) is 0 Å². The quantitative estimate of drug-likeness (QED) is 0.300. The van der Waals surface area contributed by atoms with E-state index in [0.717, 1.165) is 0 Å². The minimum atomic E-state index is 1.28. The third-order valence-electron chi connectivity index (χ3n) is 5.71. The van der Waals surface area contributed by atoms with Crippen molar-refractivity contribution in [1.82, 2.24) is 0 Å². The van der Waals surface area contributed by atoms with Gasteiger partial charge >= 0.3 is 0 Å². The molecular formula is C28H22. The minimum Gasteiger partial charge on any atom is -0.0616 e. The second-order valence-electron chi connectivity index (χ2n) is 7.54. The van der Waals surface area contributed by atoms with Gasteiger partial charge in [-0.3, -0.25) is 0 Å². The van der Waals surface area contributed by atoms with Crippen LogP contribution in [0.25, 0.3) is 43.8 Å². The number of aryl methyl sites for hydroxylation is 2. The van der Waals surface area contributed by atoms with Gasteiger partial charge in [-0.15, -0.1) is 0 Å². The van der Waals surface area contributed by atoms with Crippen LogP contribution in [-0.2, 0) is 0 Å². The van der Waals surface area contributed by atoms with E-state index >= 15 is 0 Å². The molecule has 0 radical (unpaired) electrons. The monoisotopic (exact) mass is 358 g/mol. The molecule has 28 heavy (non-hydrogen) atoms. The zero-order valence-electron chi connectivity index (χ0n) is 16.2. The summed E-state index contributed by atoms with van der Waals surface area (Å²) < 4.78 is 0. The second kappa shape index (κ2) is 6.65. The summed E-state index contributed by atoms with van der Waals surface area (Å²) in [5.74, 6) is 0. The Morgan fingerprint density at radius 3 is 1.39 bits per heavy atom. The highest BCUT2D eigenvalue weighted by Gasteiger charge is 2.11. The van der Waals surface area contributed by atoms with Crippen LogP contribution in [0.2, 0.25) is 0 Å². The first-order valence-electron chi connectivity index (χ1n) is 9.80. The van der Waals surface area contributed by atoms with Gasteiger partial charge < -0.3 is 0 Å². The molecule has 5 rings (SSSR count). The Kier molecular flexibility index (Phi) is 3.98. The van der Waals surface area contributed by atoms with Crippen LogP contribution in [0.1, 0.15) is 11.1 Å². The van der Waals surface area contributed by atoms with E-state index < -0.39 is 0 Å². The van der Waals surface area contributed by atoms with Gasteiger partial charge in [0.1, 0.15) is 0 Å². The summed E-state index contributed by atoms with van der Waals surface area (Å²) in [7, 11) is 0. The minimum absolute atomic E-state index is 1.28. The number of benzene rings is 5. The first-order chi connectivity index (χ1) is 13.7. The first kappa shape index (κ1) is 16.8. The van der Waals surface area contributed by atoms with Crippen LogP contribution in [0.15, 0.2) is 97.1 Å². The van der Waals surface area contributed by atoms with Crippen molar-refractivity contribution in [2.24, 2.45) is 0 Å². The van der Waals surface area contributed by atoms with Gasteiger partial charge in [-0.05, 0) is 74.8 Å². The molecule has 0 aliphatic rings. The molecule has 0 saturated carbocycles. The second-order valence-corrected chi connectivity index (χ2v) is 7.54. The molecule has 134 valence electrons. The number of rotatable bonds is 2. The molecule has 0 heteroatoms. The van der Waals surface area contributed by atoms with E-state index in [0.29, 0.717) is 0 Å². The van der Waals surface area contributed by atoms with E-state index in [2.05, 4.69) is 111 Å². The summed E-state index contributed by atoms with van der Waals surface area (Å²) in [6, 6.07) is 35.2. The highest BCUT2D eigenvalue weighted by atomic mass is 14.1. The number of fused-ring (bicyclic) bond motifs is 2. The predicted molar refractivity (Wildman–Crippen MR) is 122 cm³/mol. The van der Waals surface area contributed by atoms with Gasteiger partial charge in [-0.1, -0.05) is 91.0 Å². The van der Waals surface area contributed by atoms with Crippen molar-refractivity contribution in [1.29, 1.82) is 0 Å². The molecule has 5 aromatic carbocycles. The predicted octanol–water partition coefficient (Wildman–Crippen LogP) is 7.94. The van der Waals surface area contributed by atoms with Crippen molar-refractivity contribution in [3.8, 4) is 22.3 Å². The largest absolute Gasteiger partial charge is 0.0616 e. The van der Waals surface area contributed by atoms with Gasteiger partial charge in [0.05, 0.1) is 0 Å². The van der Waals surface area contributed by atoms with Crippen molar-refractivity contribution in [3.63, 3.8) is 0 Å². The molecule has 0 aliphatic heterocycles. The maximum Gasteiger partial charge on any atom is -0.00759 e. The van der Waals surface area contributed by atoms with Crippen LogP contribution < -0.4 is 0 Å². The molecule has 0 spiro atoms. The molecular weight excluding hydrogens is 336 g/mol. The molecule has 0 aliphatic carbocycles. The van der Waals surface area contributed by atoms with Crippen LogP contribution in [0.5, 0.6) is 0 Å². The van der Waals surface area contributed by atoms with Crippen molar-refractivity contribution >= 4 is 21.5 Å². The molecule has 0 saturated heterocycles. The van der Waals surface area contributed by atoms with Crippen LogP contribution in [0.4, 0.5) is 0 Å². The zero-order valence-corrected chi connectivity index (χ0v) is 16.2. The summed E-state index contributed by atoms with van der Waals surface area (Å²) in [5, 5.41) is 5.20. The molecule has 0 amide bonds. The van der Waals surface area contributed by atoms with Crippen molar-refractivity contribution < 1.29 is 0 Å². The van der Waals surface area contributed by atoms with Crippen molar-refractivity contribution in [3.05, 3.63) is 108 Å². The maximum absolute atomic E-state index is 2.35. The summed E-state index contributed by atoms with van der Waals surface area (Å²) in [5.41, 5.74) is 7.84. The molecule has 0 bridgehead atoms. The Morgan fingerprint density at radius 1 is 0.429 bits per heavy atom. The van der Waals surface area contributed by atoms with Crippen LogP contribution in [0, 0.1) is 13.8 Å². The van der Waals surface area contributed by atoms with E-state index in [1.807, 2.05) is 0 Å². The lowest BCUT2D eigenvalue weighted by Gasteiger charge is -2.15. The SMILES string of the molecule is Cc1ccc2ccccc2c1-c1cccc(-c2c(C)ccc3ccccc23)c1. The highest BCUT2D eigenvalue weighted by Crippen LogP contribution is 2.37. The molecule has 0 atom stereocenters. The fraction of sp³-hybridized carbons (Fsp3) is 0.0714. The van der Waals surface area contributed by atoms with Crippen LogP contribution >= 0.6 is 0 Å². The van der Waals surface area contributed by atoms with Gasteiger partial charge in [0.25, 0.3) is 0 Å². The van der Waals surface area contributed by atoms with E-state index in [1.54, 1.807) is 0 Å². The zero-order chi connectivity index (χ0) is 19.1. The molecule has 5 aromatic rings. The lowest BCUT2D eigenvalue weighted by Crippen LogP contribution is -1.90. The van der Waals surface area contributed by atoms with Crippen molar-refractivity contribution in [2.75, 3.05) is 0 Å². The van der Waals surface area contributed by atoms with Gasteiger partial charge in [0, 0.05) is 0 Å². The topological polar surface area (TPSA) is 0 Å². The van der Waals surface area contributed by atoms with Gasteiger partial charge in [0.2, 0.25) is 0 Å². The third kappa shape index (κ3) is 2.70. The van der Waals surface area contributed by atoms with Crippen LogP contribution in [0.3, 0.4) is 0 Å². The normalized spacial score (nSPS) is 11.2. The summed E-state index contributed by atoms with van der Waals surface area (Å²) in [6.45, 7) is 4.41. The first-order valence-corrected chi connectivity index (χ1v) is 9.80. The maximum atomic E-state index is 2.35. The Balaban J connectivity index is 1.78. The van der Waals surface area contributed by atoms with Gasteiger partial charge in [-0.2, -0.15) is 0 Å². The van der Waals surface area contributed by atoms with Crippen molar-refractivity contribution in [2.45, 2.75) is 13.8 Å². The summed E-state index contributed by atoms with van der Waals surface area (Å²) >= 11 is 0. The molecule has 0 N–H and O–H groups in total. The van der Waals surface area contributed by atoms with Gasteiger partial charge in [0.15, 0.2) is 0 Å². The number of hydrogen-bond acceptors (Lipinski definition) is 0. The summed E-state index contributed by atoms with van der Waals surface area (Å²) in [6.07, 6.45) is 0. The van der Waals surface area contributed by atoms with E-state index in [-0.39, 0.29) is 0 Å². The van der Waals surface area contributed by atoms with Crippen LogP contribution in [-0.4, -0.2) is 0 Å². The highest BCUT2D eigenvalue weighted by molar-refractivity contribution is 6.01. The average Bonchev–Trinajstić information content (AvgIpc) is 2.73. The summed E-state index contributed by atoms with van der Waals surface area (Å²) in [4.78, 5) is 0. The Labute approximate surface area is 166 Å². The third-order valence-corrected chi connectivity index (χ3v) is 5.71. The standard InChI is InChI=1S/C28H22/c1-19-14-16-21-8-3-5-12-25(21)27(19)23-10-7-11-24(18-23)28-20(2)15-17-22-9-4-6-13-26(22)28/h3-18H,1-2H3. The number of hydrogen-bond donors (Lipinski definition) is 0. The average molecular weight is 358 g/mol. The van der Waals surface area contributed by atoms with Gasteiger partial charge in [-0.25, -0.2) is 0 Å². The lowest BCUT2D eigenvalue weighted by molar-refractivity contribution is 1.47. The molecule has 0 unspecified atom stereocenters. The fourth-order valence-electron chi connectivity index (χ4n) is 4.36. The van der Waals surface area contributed by atoms with E-state index in [9.17, 15) is 0 Å². The Morgan fingerprint density at radius 2 is 0.893 bits per heavy atom. The smallest absolute Gasteiger partial charge is 0.00759 e.